The molecule has 1 aliphatic rings. The van der Waals surface area contributed by atoms with E-state index in [1.165, 1.54) is 28.7 Å². The van der Waals surface area contributed by atoms with Gasteiger partial charge in [0.1, 0.15) is 11.4 Å². The number of nitro benzene ring substituents is 1. The summed E-state index contributed by atoms with van der Waals surface area (Å²) < 4.78 is 32.5. The number of sulfonamides is 1. The van der Waals surface area contributed by atoms with E-state index in [0.29, 0.717) is 5.56 Å². The van der Waals surface area contributed by atoms with Gasteiger partial charge in [-0.2, -0.15) is 9.41 Å². The van der Waals surface area contributed by atoms with E-state index in [1.54, 1.807) is 12.1 Å². The Kier molecular flexibility index (Phi) is 6.47. The molecule has 0 aliphatic carbocycles. The van der Waals surface area contributed by atoms with Gasteiger partial charge in [-0.25, -0.2) is 8.42 Å². The standard InChI is InChI=1S/C17H17BrN4O6S/c18-13-1-4-17(23)12(9-13)11-19-20-15-3-2-14(10-16(15)22(24)25)29(26,27)21-5-7-28-8-6-21/h1-4,9-11,20,23H,5-8H2. The van der Waals surface area contributed by atoms with Gasteiger partial charge >= 0.3 is 0 Å². The van der Waals surface area contributed by atoms with Crippen LogP contribution in [0.2, 0.25) is 0 Å². The van der Waals surface area contributed by atoms with E-state index >= 15 is 0 Å². The Morgan fingerprint density at radius 2 is 1.97 bits per heavy atom. The van der Waals surface area contributed by atoms with Gasteiger partial charge in [0.2, 0.25) is 10.0 Å². The van der Waals surface area contributed by atoms with Crippen molar-refractivity contribution >= 4 is 43.5 Å². The molecule has 1 aliphatic heterocycles. The van der Waals surface area contributed by atoms with Gasteiger partial charge in [-0.15, -0.1) is 0 Å². The van der Waals surface area contributed by atoms with Crippen LogP contribution in [0.4, 0.5) is 11.4 Å². The largest absolute Gasteiger partial charge is 0.507 e. The molecule has 10 nitrogen and oxygen atoms in total. The molecule has 0 spiro atoms. The van der Waals surface area contributed by atoms with Gasteiger partial charge in [0.15, 0.2) is 0 Å². The molecule has 0 aromatic heterocycles. The lowest BCUT2D eigenvalue weighted by Crippen LogP contribution is -2.40. The van der Waals surface area contributed by atoms with E-state index in [9.17, 15) is 23.6 Å². The lowest BCUT2D eigenvalue weighted by molar-refractivity contribution is -0.384. The third-order valence-corrected chi connectivity index (χ3v) is 6.54. The van der Waals surface area contributed by atoms with Crippen molar-refractivity contribution in [2.75, 3.05) is 31.7 Å². The van der Waals surface area contributed by atoms with Gasteiger partial charge in [-0.3, -0.25) is 15.5 Å². The fourth-order valence-corrected chi connectivity index (χ4v) is 4.46. The van der Waals surface area contributed by atoms with E-state index in [2.05, 4.69) is 26.5 Å². The predicted octanol–water partition coefficient (Wildman–Crippen LogP) is 2.53. The number of phenols is 1. The van der Waals surface area contributed by atoms with Crippen molar-refractivity contribution in [3.63, 3.8) is 0 Å². The summed E-state index contributed by atoms with van der Waals surface area (Å²) in [6.07, 6.45) is 1.29. The first-order valence-corrected chi connectivity index (χ1v) is 10.7. The Morgan fingerprint density at radius 3 is 2.66 bits per heavy atom. The molecule has 3 rings (SSSR count). The zero-order valence-electron chi connectivity index (χ0n) is 15.0. The lowest BCUT2D eigenvalue weighted by atomic mass is 10.2. The van der Waals surface area contributed by atoms with Crippen molar-refractivity contribution in [2.24, 2.45) is 5.10 Å². The number of rotatable bonds is 6. The number of hydrogen-bond acceptors (Lipinski definition) is 8. The number of aromatic hydroxyl groups is 1. The summed E-state index contributed by atoms with van der Waals surface area (Å²) in [6, 6.07) is 8.31. The summed E-state index contributed by atoms with van der Waals surface area (Å²) >= 11 is 3.27. The van der Waals surface area contributed by atoms with Crippen molar-refractivity contribution in [2.45, 2.75) is 4.90 Å². The highest BCUT2D eigenvalue weighted by molar-refractivity contribution is 9.10. The number of nitrogens with zero attached hydrogens (tertiary/aromatic N) is 3. The molecule has 0 unspecified atom stereocenters. The summed E-state index contributed by atoms with van der Waals surface area (Å²) in [5.41, 5.74) is 2.49. The highest BCUT2D eigenvalue weighted by Gasteiger charge is 2.28. The van der Waals surface area contributed by atoms with Crippen molar-refractivity contribution in [1.82, 2.24) is 4.31 Å². The van der Waals surface area contributed by atoms with Gasteiger partial charge in [0.25, 0.3) is 5.69 Å². The minimum Gasteiger partial charge on any atom is -0.507 e. The minimum absolute atomic E-state index is 0.0137. The Morgan fingerprint density at radius 1 is 1.24 bits per heavy atom. The van der Waals surface area contributed by atoms with Crippen LogP contribution in [0, 0.1) is 10.1 Å². The third kappa shape index (κ3) is 4.90. The maximum Gasteiger partial charge on any atom is 0.295 e. The number of anilines is 1. The van der Waals surface area contributed by atoms with Crippen LogP contribution in [0.15, 0.2) is 50.9 Å². The summed E-state index contributed by atoms with van der Waals surface area (Å²) in [5, 5.41) is 25.1. The average molecular weight is 485 g/mol. The normalized spacial score (nSPS) is 15.5. The van der Waals surface area contributed by atoms with Crippen LogP contribution in [-0.2, 0) is 14.8 Å². The molecule has 2 N–H and O–H groups in total. The molecular formula is C17H17BrN4O6S. The number of benzene rings is 2. The van der Waals surface area contributed by atoms with Crippen molar-refractivity contribution in [1.29, 1.82) is 0 Å². The van der Waals surface area contributed by atoms with Crippen molar-refractivity contribution in [3.8, 4) is 5.75 Å². The molecule has 1 saturated heterocycles. The minimum atomic E-state index is -3.86. The Hall–Kier alpha value is -2.54. The molecule has 2 aromatic carbocycles. The second-order valence-corrected chi connectivity index (χ2v) is 8.88. The maximum atomic E-state index is 12.7. The zero-order valence-corrected chi connectivity index (χ0v) is 17.4. The van der Waals surface area contributed by atoms with E-state index in [1.807, 2.05) is 0 Å². The molecule has 0 saturated carbocycles. The van der Waals surface area contributed by atoms with E-state index in [-0.39, 0.29) is 42.6 Å². The zero-order chi connectivity index (χ0) is 21.0. The van der Waals surface area contributed by atoms with Crippen LogP contribution in [-0.4, -0.2) is 55.3 Å². The number of hydrazone groups is 1. The molecule has 29 heavy (non-hydrogen) atoms. The highest BCUT2D eigenvalue weighted by atomic mass is 79.9. The number of nitro groups is 1. The average Bonchev–Trinajstić information content (AvgIpc) is 2.71. The van der Waals surface area contributed by atoms with Crippen LogP contribution >= 0.6 is 15.9 Å². The highest BCUT2D eigenvalue weighted by Crippen LogP contribution is 2.29. The summed E-state index contributed by atoms with van der Waals surface area (Å²) in [5.74, 6) is -0.0137. The molecule has 1 fully saturated rings. The molecule has 12 heteroatoms. The smallest absolute Gasteiger partial charge is 0.295 e. The van der Waals surface area contributed by atoms with Gasteiger partial charge in [-0.1, -0.05) is 15.9 Å². The Balaban J connectivity index is 1.85. The van der Waals surface area contributed by atoms with Crippen LogP contribution in [0.3, 0.4) is 0 Å². The molecule has 0 amide bonds. The van der Waals surface area contributed by atoms with Crippen LogP contribution in [0.5, 0.6) is 5.75 Å². The van der Waals surface area contributed by atoms with Crippen molar-refractivity contribution in [3.05, 3.63) is 56.5 Å². The summed E-state index contributed by atoms with van der Waals surface area (Å²) in [7, 11) is -3.86. The first kappa shape index (κ1) is 21.2. The molecule has 0 atom stereocenters. The van der Waals surface area contributed by atoms with Crippen molar-refractivity contribution < 1.29 is 23.2 Å². The first-order valence-electron chi connectivity index (χ1n) is 8.43. The molecule has 0 bridgehead atoms. The Bertz CT molecular complexity index is 1050. The SMILES string of the molecule is O=[N+]([O-])c1cc(S(=O)(=O)N2CCOCC2)ccc1NN=Cc1cc(Br)ccc1O. The summed E-state index contributed by atoms with van der Waals surface area (Å²) in [6.45, 7) is 0.934. The van der Waals surface area contributed by atoms with Crippen LogP contribution in [0.1, 0.15) is 5.56 Å². The molecule has 0 radical (unpaired) electrons. The second-order valence-electron chi connectivity index (χ2n) is 6.03. The number of halogens is 1. The predicted molar refractivity (Wildman–Crippen MR) is 110 cm³/mol. The lowest BCUT2D eigenvalue weighted by Gasteiger charge is -2.26. The van der Waals surface area contributed by atoms with E-state index in [0.717, 1.165) is 10.5 Å². The molecular weight excluding hydrogens is 468 g/mol. The number of phenolic OH excluding ortho intramolecular Hbond substituents is 1. The maximum absolute atomic E-state index is 12.7. The van der Waals surface area contributed by atoms with Gasteiger partial charge in [0, 0.05) is 29.2 Å². The summed E-state index contributed by atoms with van der Waals surface area (Å²) in [4.78, 5) is 10.6. The number of ether oxygens (including phenoxy) is 1. The molecule has 154 valence electrons. The van der Waals surface area contributed by atoms with Gasteiger partial charge in [-0.05, 0) is 30.3 Å². The van der Waals surface area contributed by atoms with E-state index in [4.69, 9.17) is 4.74 Å². The number of morpholine rings is 1. The number of nitrogens with one attached hydrogen (secondary N) is 1. The quantitative estimate of drug-likeness (QED) is 0.365. The third-order valence-electron chi connectivity index (χ3n) is 4.15. The number of hydrogen-bond donors (Lipinski definition) is 2. The molecule has 1 heterocycles. The second kappa shape index (κ2) is 8.86. The van der Waals surface area contributed by atoms with E-state index < -0.39 is 20.6 Å². The van der Waals surface area contributed by atoms with Crippen LogP contribution in [0.25, 0.3) is 0 Å². The van der Waals surface area contributed by atoms with Crippen LogP contribution < -0.4 is 5.43 Å². The first-order chi connectivity index (χ1) is 13.8. The van der Waals surface area contributed by atoms with Gasteiger partial charge < -0.3 is 9.84 Å². The Labute approximate surface area is 175 Å². The van der Waals surface area contributed by atoms with Gasteiger partial charge in [0.05, 0.1) is 29.2 Å². The fraction of sp³-hybridized carbons (Fsp3) is 0.235. The fourth-order valence-electron chi connectivity index (χ4n) is 2.65. The molecule has 2 aromatic rings. The topological polar surface area (TPSA) is 134 Å². The monoisotopic (exact) mass is 484 g/mol.